The highest BCUT2D eigenvalue weighted by Gasteiger charge is 2.76. The Hall–Kier alpha value is -2.88. The Morgan fingerprint density at radius 2 is 1.69 bits per heavy atom. The third-order valence-electron chi connectivity index (χ3n) is 8.80. The van der Waals surface area contributed by atoms with Crippen molar-refractivity contribution in [3.05, 3.63) is 85.0 Å². The number of carbonyl (C=O) groups is 3. The normalized spacial score (nSPS) is 27.6. The zero-order valence-electron chi connectivity index (χ0n) is 24.1. The lowest BCUT2D eigenvalue weighted by Crippen LogP contribution is -2.56. The molecule has 2 aromatic rings. The van der Waals surface area contributed by atoms with Crippen molar-refractivity contribution in [2.24, 2.45) is 11.8 Å². The Morgan fingerprint density at radius 3 is 2.31 bits per heavy atom. The molecular formula is C33H38BrN3O4S. The molecule has 3 heterocycles. The van der Waals surface area contributed by atoms with Crippen LogP contribution in [0.25, 0.3) is 0 Å². The number of nitrogens with zero attached hydrogens (tertiary/aromatic N) is 3. The third kappa shape index (κ3) is 4.93. The topological polar surface area (TPSA) is 81.2 Å². The lowest BCUT2D eigenvalue weighted by Gasteiger charge is -2.39. The standard InChI is InChI=1S/C33H38BrN3O4S/c1-5-16-35(23-14-8-7-9-15-23)30(39)25-26-31(40)37(18-11-19-38)29(33(26)20-24(34)28(25)42-33)32(41)36(17-6-2)27-21(3)12-10-13-22(27)4/h5-10,12-15,24-26,28-29,38H,1-2,11,16-20H2,3-4H3/t24?,25-,26-,28-,29?,33?/m0/s1. The number of hydrogen-bond donors (Lipinski definition) is 1. The minimum absolute atomic E-state index is 0.0389. The van der Waals surface area contributed by atoms with E-state index >= 15 is 0 Å². The number of benzene rings is 2. The maximum Gasteiger partial charge on any atom is 0.251 e. The van der Waals surface area contributed by atoms with Gasteiger partial charge in [-0.3, -0.25) is 14.4 Å². The van der Waals surface area contributed by atoms with Gasteiger partial charge < -0.3 is 19.8 Å². The molecule has 1 spiro atoms. The monoisotopic (exact) mass is 651 g/mol. The van der Waals surface area contributed by atoms with Crippen molar-refractivity contribution in [3.8, 4) is 0 Å². The molecule has 5 rings (SSSR count). The van der Waals surface area contributed by atoms with E-state index in [9.17, 15) is 19.5 Å². The number of aliphatic hydroxyl groups excluding tert-OH is 1. The van der Waals surface area contributed by atoms with Gasteiger partial charge in [0.05, 0.1) is 16.6 Å². The molecule has 6 atom stereocenters. The fourth-order valence-electron chi connectivity index (χ4n) is 7.21. The van der Waals surface area contributed by atoms with Crippen LogP contribution in [-0.2, 0) is 14.4 Å². The van der Waals surface area contributed by atoms with Gasteiger partial charge in [-0.15, -0.1) is 24.9 Å². The van der Waals surface area contributed by atoms with E-state index in [4.69, 9.17) is 0 Å². The highest BCUT2D eigenvalue weighted by Crippen LogP contribution is 2.68. The molecule has 3 saturated heterocycles. The average Bonchev–Trinajstić information content (AvgIpc) is 3.57. The number of amides is 3. The van der Waals surface area contributed by atoms with Gasteiger partial charge in [0.2, 0.25) is 11.8 Å². The van der Waals surface area contributed by atoms with Crippen molar-refractivity contribution >= 4 is 56.8 Å². The van der Waals surface area contributed by atoms with E-state index in [-0.39, 0.29) is 41.0 Å². The molecule has 3 aliphatic rings. The van der Waals surface area contributed by atoms with E-state index in [0.717, 1.165) is 22.5 Å². The lowest BCUT2D eigenvalue weighted by molar-refractivity contribution is -0.139. The van der Waals surface area contributed by atoms with Gasteiger partial charge in [0.1, 0.15) is 6.04 Å². The van der Waals surface area contributed by atoms with Crippen molar-refractivity contribution in [2.75, 3.05) is 36.0 Å². The zero-order chi connectivity index (χ0) is 30.2. The fourth-order valence-corrected chi connectivity index (χ4v) is 10.8. The second kappa shape index (κ2) is 12.4. The van der Waals surface area contributed by atoms with Gasteiger partial charge in [0.15, 0.2) is 0 Å². The first-order valence-corrected chi connectivity index (χ1v) is 16.2. The molecule has 3 fully saturated rings. The Labute approximate surface area is 260 Å². The summed E-state index contributed by atoms with van der Waals surface area (Å²) in [5.41, 5.74) is 3.49. The molecule has 0 aromatic heterocycles. The van der Waals surface area contributed by atoms with Crippen LogP contribution in [0.15, 0.2) is 73.8 Å². The number of aryl methyl sites for hydroxylation is 2. The van der Waals surface area contributed by atoms with Crippen molar-refractivity contribution in [1.82, 2.24) is 4.90 Å². The molecule has 0 aliphatic carbocycles. The molecule has 7 nitrogen and oxygen atoms in total. The third-order valence-corrected chi connectivity index (χ3v) is 12.0. The molecule has 9 heteroatoms. The van der Waals surface area contributed by atoms with Crippen molar-refractivity contribution < 1.29 is 19.5 Å². The first-order chi connectivity index (χ1) is 20.2. The van der Waals surface area contributed by atoms with E-state index in [1.165, 1.54) is 0 Å². The lowest BCUT2D eigenvalue weighted by atomic mass is 9.70. The predicted octanol–water partition coefficient (Wildman–Crippen LogP) is 4.89. The smallest absolute Gasteiger partial charge is 0.251 e. The number of rotatable bonds is 11. The summed E-state index contributed by atoms with van der Waals surface area (Å²) in [6.45, 7) is 12.5. The Morgan fingerprint density at radius 1 is 1.05 bits per heavy atom. The van der Waals surface area contributed by atoms with Gasteiger partial charge in [-0.2, -0.15) is 0 Å². The fraction of sp³-hybridized carbons (Fsp3) is 0.424. The van der Waals surface area contributed by atoms with Gasteiger partial charge in [-0.1, -0.05) is 64.5 Å². The number of hydrogen-bond acceptors (Lipinski definition) is 5. The predicted molar refractivity (Wildman–Crippen MR) is 173 cm³/mol. The summed E-state index contributed by atoms with van der Waals surface area (Å²) in [7, 11) is 0. The van der Waals surface area contributed by atoms with Crippen molar-refractivity contribution in [2.45, 2.75) is 47.6 Å². The summed E-state index contributed by atoms with van der Waals surface area (Å²) in [5.74, 6) is -1.74. The molecule has 3 amide bonds. The summed E-state index contributed by atoms with van der Waals surface area (Å²) in [4.78, 5) is 48.7. The Kier molecular flexibility index (Phi) is 9.02. The number of carbonyl (C=O) groups excluding carboxylic acids is 3. The molecule has 2 bridgehead atoms. The van der Waals surface area contributed by atoms with Crippen LogP contribution in [0.1, 0.15) is 24.0 Å². The summed E-state index contributed by atoms with van der Waals surface area (Å²) >= 11 is 5.48. The maximum absolute atomic E-state index is 14.8. The number of alkyl halides is 1. The summed E-state index contributed by atoms with van der Waals surface area (Å²) in [5, 5.41) is 9.56. The number of para-hydroxylation sites is 2. The van der Waals surface area contributed by atoms with Crippen molar-refractivity contribution in [3.63, 3.8) is 0 Å². The van der Waals surface area contributed by atoms with Crippen molar-refractivity contribution in [1.29, 1.82) is 0 Å². The van der Waals surface area contributed by atoms with Gasteiger partial charge in [-0.05, 0) is 49.9 Å². The molecule has 3 unspecified atom stereocenters. The van der Waals surface area contributed by atoms with Crippen LogP contribution in [0.5, 0.6) is 0 Å². The van der Waals surface area contributed by atoms with Gasteiger partial charge in [-0.25, -0.2) is 0 Å². The van der Waals surface area contributed by atoms with Gasteiger partial charge in [0, 0.05) is 47.7 Å². The quantitative estimate of drug-likeness (QED) is 0.277. The summed E-state index contributed by atoms with van der Waals surface area (Å²) in [6.07, 6.45) is 4.34. The number of thioether (sulfide) groups is 1. The Bertz CT molecular complexity index is 1370. The molecule has 3 aliphatic heterocycles. The van der Waals surface area contributed by atoms with Crippen LogP contribution in [-0.4, -0.2) is 74.8 Å². The summed E-state index contributed by atoms with van der Waals surface area (Å²) in [6, 6.07) is 14.6. The minimum atomic E-state index is -0.782. The zero-order valence-corrected chi connectivity index (χ0v) is 26.5. The van der Waals surface area contributed by atoms with Crippen LogP contribution < -0.4 is 9.80 Å². The number of halogens is 1. The minimum Gasteiger partial charge on any atom is -0.396 e. The van der Waals surface area contributed by atoms with E-state index in [2.05, 4.69) is 29.1 Å². The number of fused-ring (bicyclic) bond motifs is 1. The van der Waals surface area contributed by atoms with Gasteiger partial charge in [0.25, 0.3) is 5.91 Å². The molecule has 222 valence electrons. The van der Waals surface area contributed by atoms with E-state index in [1.807, 2.05) is 62.4 Å². The van der Waals surface area contributed by atoms with Gasteiger partial charge >= 0.3 is 0 Å². The molecule has 0 saturated carbocycles. The number of aliphatic hydroxyl groups is 1. The molecule has 0 radical (unpaired) electrons. The van der Waals surface area contributed by atoms with E-state index in [0.29, 0.717) is 25.9 Å². The largest absolute Gasteiger partial charge is 0.396 e. The number of likely N-dealkylation sites (tertiary alicyclic amines) is 1. The van der Waals surface area contributed by atoms with Crippen LogP contribution in [0, 0.1) is 25.7 Å². The molecule has 2 aromatic carbocycles. The molecular weight excluding hydrogens is 614 g/mol. The first-order valence-electron chi connectivity index (χ1n) is 14.4. The Balaban J connectivity index is 1.60. The summed E-state index contributed by atoms with van der Waals surface area (Å²) < 4.78 is -0.782. The SMILES string of the molecule is C=CCN(C(=O)[C@H]1[C@H]2C(=O)N(CCCO)C(C(=O)N(CC=C)c3c(C)cccc3C)C23CC(Br)[C@@H]1S3)c1ccccc1. The van der Waals surface area contributed by atoms with Crippen LogP contribution in [0.4, 0.5) is 11.4 Å². The molecule has 42 heavy (non-hydrogen) atoms. The second-order valence-corrected chi connectivity index (χ2v) is 14.0. The van der Waals surface area contributed by atoms with Crippen LogP contribution in [0.2, 0.25) is 0 Å². The van der Waals surface area contributed by atoms with Crippen LogP contribution in [0.3, 0.4) is 0 Å². The molecule has 1 N–H and O–H groups in total. The first kappa shape index (κ1) is 30.6. The highest BCUT2D eigenvalue weighted by atomic mass is 79.9. The maximum atomic E-state index is 14.8. The van der Waals surface area contributed by atoms with Crippen LogP contribution >= 0.6 is 27.7 Å². The highest BCUT2D eigenvalue weighted by molar-refractivity contribution is 9.09. The van der Waals surface area contributed by atoms with E-state index in [1.54, 1.807) is 38.6 Å². The second-order valence-electron chi connectivity index (χ2n) is 11.3. The average molecular weight is 653 g/mol. The number of anilines is 2. The van der Waals surface area contributed by atoms with E-state index < -0.39 is 22.6 Å².